The van der Waals surface area contributed by atoms with E-state index in [-0.39, 0.29) is 5.57 Å². The van der Waals surface area contributed by atoms with Gasteiger partial charge in [0.1, 0.15) is 3.23 Å². The molecule has 0 spiro atoms. The van der Waals surface area contributed by atoms with Crippen molar-refractivity contribution in [1.29, 1.82) is 0 Å². The van der Waals surface area contributed by atoms with E-state index < -0.39 is 9.20 Å². The van der Waals surface area contributed by atoms with E-state index in [4.69, 9.17) is 0 Å². The minimum Gasteiger partial charge on any atom is -0.478 e. The second-order valence-electron chi connectivity index (χ2n) is 2.99. The molecule has 0 aliphatic heterocycles. The Labute approximate surface area is 140 Å². The summed E-state index contributed by atoms with van der Waals surface area (Å²) in [5.41, 5.74) is 0.873. The van der Waals surface area contributed by atoms with Crippen LogP contribution in [0.5, 0.6) is 0 Å². The van der Waals surface area contributed by atoms with Crippen LogP contribution in [-0.4, -0.2) is 11.1 Å². The van der Waals surface area contributed by atoms with Gasteiger partial charge in [0.05, 0.1) is 8.96 Å². The Balaban J connectivity index is 3.43. The van der Waals surface area contributed by atoms with Crippen molar-refractivity contribution in [3.8, 4) is 0 Å². The van der Waals surface area contributed by atoms with Crippen molar-refractivity contribution < 1.29 is 9.90 Å². The first-order valence-corrected chi connectivity index (χ1v) is 8.16. The number of hydrogen-bond donors (Lipinski definition) is 1. The van der Waals surface area contributed by atoms with Crippen molar-refractivity contribution in [3.63, 3.8) is 0 Å². The first kappa shape index (κ1) is 15.9. The molecule has 1 rings (SSSR count). The van der Waals surface area contributed by atoms with Crippen LogP contribution in [0, 0.1) is 0 Å². The molecular weight excluding hydrogens is 552 g/mol. The number of halogens is 5. The topological polar surface area (TPSA) is 37.3 Å². The van der Waals surface area contributed by atoms with Gasteiger partial charge in [0.15, 0.2) is 0 Å². The quantitative estimate of drug-likeness (QED) is 0.396. The largest absolute Gasteiger partial charge is 0.478 e. The lowest BCUT2D eigenvalue weighted by Gasteiger charge is -2.23. The number of alkyl halides is 2. The molecule has 7 heteroatoms. The molecule has 0 saturated heterocycles. The van der Waals surface area contributed by atoms with Crippen molar-refractivity contribution in [3.05, 3.63) is 43.3 Å². The van der Waals surface area contributed by atoms with Crippen LogP contribution in [-0.2, 0) is 8.03 Å². The first-order chi connectivity index (χ1) is 7.78. The van der Waals surface area contributed by atoms with Gasteiger partial charge >= 0.3 is 5.97 Å². The Hall–Kier alpha value is 0.830. The van der Waals surface area contributed by atoms with E-state index in [1.165, 1.54) is 0 Å². The van der Waals surface area contributed by atoms with Gasteiger partial charge in [0.2, 0.25) is 0 Å². The van der Waals surface area contributed by atoms with Gasteiger partial charge in [-0.15, -0.1) is 0 Å². The van der Waals surface area contributed by atoms with E-state index in [0.717, 1.165) is 10.0 Å². The summed E-state index contributed by atoms with van der Waals surface area (Å²) in [6.45, 7) is 0. The van der Waals surface area contributed by atoms with E-state index in [1.54, 1.807) is 0 Å². The van der Waals surface area contributed by atoms with Crippen LogP contribution < -0.4 is 0 Å². The standard InChI is InChI=1S/C10H5Br5O2/c11-6-4-2-1-3-5(6)10(14,15)7(8(12)13)9(16)17/h1-4H,(H,16,17). The first-order valence-electron chi connectivity index (χ1n) is 4.20. The monoisotopic (exact) mass is 552 g/mol. The lowest BCUT2D eigenvalue weighted by Crippen LogP contribution is -2.20. The van der Waals surface area contributed by atoms with Crippen LogP contribution in [0.25, 0.3) is 0 Å². The SMILES string of the molecule is O=C(O)C(=C(Br)Br)C(Br)(Br)c1ccccc1Br. The fourth-order valence-corrected chi connectivity index (χ4v) is 5.72. The lowest BCUT2D eigenvalue weighted by atomic mass is 10.1. The van der Waals surface area contributed by atoms with Gasteiger partial charge in [-0.25, -0.2) is 4.79 Å². The summed E-state index contributed by atoms with van der Waals surface area (Å²) in [4.78, 5) is 11.3. The fourth-order valence-electron chi connectivity index (χ4n) is 1.18. The van der Waals surface area contributed by atoms with E-state index in [9.17, 15) is 9.90 Å². The van der Waals surface area contributed by atoms with Crippen LogP contribution in [0.3, 0.4) is 0 Å². The molecular formula is C10H5Br5O2. The van der Waals surface area contributed by atoms with Gasteiger partial charge in [-0.2, -0.15) is 0 Å². The zero-order chi connectivity index (χ0) is 13.2. The maximum Gasteiger partial charge on any atom is 0.335 e. The molecule has 0 heterocycles. The Morgan fingerprint density at radius 3 is 2.12 bits per heavy atom. The highest BCUT2D eigenvalue weighted by molar-refractivity contribution is 9.28. The molecule has 0 aliphatic rings. The maximum absolute atomic E-state index is 11.3. The molecule has 92 valence electrons. The second-order valence-corrected chi connectivity index (χ2v) is 9.94. The van der Waals surface area contributed by atoms with Crippen molar-refractivity contribution in [2.75, 3.05) is 0 Å². The van der Waals surface area contributed by atoms with Crippen molar-refractivity contribution >= 4 is 85.6 Å². The minimum atomic E-state index is -1.04. The van der Waals surface area contributed by atoms with E-state index in [0.29, 0.717) is 3.39 Å². The Bertz CT molecular complexity index is 477. The zero-order valence-corrected chi connectivity index (χ0v) is 16.0. The second kappa shape index (κ2) is 6.32. The number of aliphatic carboxylic acids is 1. The summed E-state index contributed by atoms with van der Waals surface area (Å²) in [6.07, 6.45) is 0. The van der Waals surface area contributed by atoms with Gasteiger partial charge in [0.25, 0.3) is 0 Å². The number of benzene rings is 1. The van der Waals surface area contributed by atoms with Crippen molar-refractivity contribution in [2.45, 2.75) is 3.23 Å². The average Bonchev–Trinajstić information content (AvgIpc) is 2.15. The number of carboxylic acid groups (broad SMARTS) is 1. The molecule has 0 saturated carbocycles. The summed E-state index contributed by atoms with van der Waals surface area (Å²) < 4.78 is 0.171. The highest BCUT2D eigenvalue weighted by Crippen LogP contribution is 2.50. The van der Waals surface area contributed by atoms with Crippen LogP contribution in [0.15, 0.2) is 37.7 Å². The van der Waals surface area contributed by atoms with E-state index in [2.05, 4.69) is 79.6 Å². The third kappa shape index (κ3) is 3.65. The number of hydrogen-bond acceptors (Lipinski definition) is 1. The highest BCUT2D eigenvalue weighted by Gasteiger charge is 2.38. The smallest absolute Gasteiger partial charge is 0.335 e. The third-order valence-corrected chi connectivity index (χ3v) is 5.06. The Kier molecular flexibility index (Phi) is 5.91. The number of rotatable bonds is 3. The predicted octanol–water partition coefficient (Wildman–Crippen LogP) is 5.48. The predicted molar refractivity (Wildman–Crippen MR) is 86.2 cm³/mol. The van der Waals surface area contributed by atoms with Gasteiger partial charge in [-0.05, 0) is 43.5 Å². The molecule has 1 aromatic rings. The van der Waals surface area contributed by atoms with Crippen molar-refractivity contribution in [2.24, 2.45) is 0 Å². The van der Waals surface area contributed by atoms with Crippen molar-refractivity contribution in [1.82, 2.24) is 0 Å². The Morgan fingerprint density at radius 2 is 1.71 bits per heavy atom. The number of carbonyl (C=O) groups is 1. The molecule has 0 amide bonds. The number of carboxylic acids is 1. The summed E-state index contributed by atoms with van der Waals surface area (Å²) in [7, 11) is 0. The Morgan fingerprint density at radius 1 is 1.18 bits per heavy atom. The molecule has 1 N–H and O–H groups in total. The third-order valence-electron chi connectivity index (χ3n) is 1.93. The molecule has 0 radical (unpaired) electrons. The van der Waals surface area contributed by atoms with E-state index in [1.807, 2.05) is 24.3 Å². The molecule has 0 fully saturated rings. The molecule has 0 aliphatic carbocycles. The molecule has 0 aromatic heterocycles. The molecule has 0 bridgehead atoms. The fraction of sp³-hybridized carbons (Fsp3) is 0.100. The summed E-state index contributed by atoms with van der Waals surface area (Å²) >= 11 is 16.5. The zero-order valence-electron chi connectivity index (χ0n) is 8.05. The van der Waals surface area contributed by atoms with Gasteiger partial charge in [-0.1, -0.05) is 66.0 Å². The van der Waals surface area contributed by atoms with Crippen LogP contribution >= 0.6 is 79.6 Å². The molecule has 1 aromatic carbocycles. The molecule has 0 atom stereocenters. The van der Waals surface area contributed by atoms with Gasteiger partial charge < -0.3 is 5.11 Å². The average molecular weight is 557 g/mol. The lowest BCUT2D eigenvalue weighted by molar-refractivity contribution is -0.132. The molecule has 2 nitrogen and oxygen atoms in total. The van der Waals surface area contributed by atoms with Crippen LogP contribution in [0.4, 0.5) is 0 Å². The summed E-state index contributed by atoms with van der Waals surface area (Å²) in [5.74, 6) is -1.04. The van der Waals surface area contributed by atoms with Crippen LogP contribution in [0.1, 0.15) is 5.56 Å². The summed E-state index contributed by atoms with van der Waals surface area (Å²) in [5, 5.41) is 9.24. The van der Waals surface area contributed by atoms with Gasteiger partial charge in [0, 0.05) is 4.47 Å². The minimum absolute atomic E-state index is 0.115. The molecule has 0 unspecified atom stereocenters. The normalized spacial score (nSPS) is 11.1. The molecule has 17 heavy (non-hydrogen) atoms. The van der Waals surface area contributed by atoms with Gasteiger partial charge in [-0.3, -0.25) is 0 Å². The highest BCUT2D eigenvalue weighted by atomic mass is 79.9. The maximum atomic E-state index is 11.3. The van der Waals surface area contributed by atoms with E-state index >= 15 is 0 Å². The summed E-state index contributed by atoms with van der Waals surface area (Å²) in [6, 6.07) is 7.35. The van der Waals surface area contributed by atoms with Crippen LogP contribution in [0.2, 0.25) is 0 Å².